The summed E-state index contributed by atoms with van der Waals surface area (Å²) in [6, 6.07) is 14.0. The Morgan fingerprint density at radius 1 is 1.14 bits per heavy atom. The van der Waals surface area contributed by atoms with Crippen molar-refractivity contribution in [2.45, 2.75) is 19.0 Å². The molecule has 0 fully saturated rings. The zero-order valence-corrected chi connectivity index (χ0v) is 12.7. The van der Waals surface area contributed by atoms with Gasteiger partial charge in [0.25, 0.3) is 0 Å². The summed E-state index contributed by atoms with van der Waals surface area (Å²) in [7, 11) is 0. The van der Waals surface area contributed by atoms with Gasteiger partial charge in [-0.25, -0.2) is 0 Å². The molecule has 0 aliphatic heterocycles. The third-order valence-electron chi connectivity index (χ3n) is 3.13. The monoisotopic (exact) mass is 323 g/mol. The number of carboxylic acids is 1. The topological polar surface area (TPSA) is 49.3 Å². The minimum Gasteiger partial charge on any atom is -0.480 e. The van der Waals surface area contributed by atoms with Crippen LogP contribution in [0.3, 0.4) is 0 Å². The molecule has 0 unspecified atom stereocenters. The summed E-state index contributed by atoms with van der Waals surface area (Å²) in [6.45, 7) is 0.350. The van der Waals surface area contributed by atoms with E-state index in [2.05, 4.69) is 5.32 Å². The fraction of sp³-hybridized carbons (Fsp3) is 0.188. The normalized spacial score (nSPS) is 12.1. The molecule has 0 saturated carbocycles. The van der Waals surface area contributed by atoms with Crippen LogP contribution in [0, 0.1) is 0 Å². The van der Waals surface area contributed by atoms with Crippen molar-refractivity contribution in [3.63, 3.8) is 0 Å². The quantitative estimate of drug-likeness (QED) is 0.850. The lowest BCUT2D eigenvalue weighted by molar-refractivity contribution is -0.139. The number of carboxylic acid groups (broad SMARTS) is 1. The van der Waals surface area contributed by atoms with Gasteiger partial charge in [-0.15, -0.1) is 0 Å². The van der Waals surface area contributed by atoms with Crippen molar-refractivity contribution in [3.05, 3.63) is 69.7 Å². The summed E-state index contributed by atoms with van der Waals surface area (Å²) in [5.41, 5.74) is 1.75. The van der Waals surface area contributed by atoms with Gasteiger partial charge in [0, 0.05) is 16.6 Å². The first-order valence-corrected chi connectivity index (χ1v) is 7.26. The van der Waals surface area contributed by atoms with Crippen LogP contribution in [0.5, 0.6) is 0 Å². The third-order valence-corrected chi connectivity index (χ3v) is 3.73. The first-order chi connectivity index (χ1) is 10.1. The minimum atomic E-state index is -0.892. The van der Waals surface area contributed by atoms with Crippen molar-refractivity contribution in [3.8, 4) is 0 Å². The van der Waals surface area contributed by atoms with Crippen molar-refractivity contribution in [1.29, 1.82) is 0 Å². The molecule has 3 nitrogen and oxygen atoms in total. The van der Waals surface area contributed by atoms with Crippen LogP contribution in [-0.4, -0.2) is 17.1 Å². The molecule has 2 aromatic carbocycles. The lowest BCUT2D eigenvalue weighted by atomic mass is 10.1. The molecule has 110 valence electrons. The van der Waals surface area contributed by atoms with Crippen LogP contribution in [0.15, 0.2) is 48.5 Å². The van der Waals surface area contributed by atoms with Gasteiger partial charge in [0.2, 0.25) is 0 Å². The van der Waals surface area contributed by atoms with Crippen molar-refractivity contribution in [1.82, 2.24) is 5.32 Å². The molecule has 0 bridgehead atoms. The zero-order valence-electron chi connectivity index (χ0n) is 11.2. The molecule has 0 saturated heterocycles. The SMILES string of the molecule is O=C(O)[C@H](Cc1ccccc1)NCc1cc(Cl)ccc1Cl. The highest BCUT2D eigenvalue weighted by molar-refractivity contribution is 6.33. The molecule has 0 aliphatic carbocycles. The maximum Gasteiger partial charge on any atom is 0.321 e. The van der Waals surface area contributed by atoms with Crippen LogP contribution in [-0.2, 0) is 17.8 Å². The van der Waals surface area contributed by atoms with E-state index in [-0.39, 0.29) is 0 Å². The van der Waals surface area contributed by atoms with Gasteiger partial charge in [-0.2, -0.15) is 0 Å². The van der Waals surface area contributed by atoms with Crippen LogP contribution in [0.25, 0.3) is 0 Å². The molecule has 5 heteroatoms. The molecule has 0 amide bonds. The molecular weight excluding hydrogens is 309 g/mol. The number of hydrogen-bond donors (Lipinski definition) is 2. The van der Waals surface area contributed by atoms with Gasteiger partial charge in [0.1, 0.15) is 6.04 Å². The molecule has 0 aliphatic rings. The maximum absolute atomic E-state index is 11.4. The number of halogens is 2. The molecule has 0 spiro atoms. The summed E-state index contributed by atoms with van der Waals surface area (Å²) in [4.78, 5) is 11.4. The minimum absolute atomic E-state index is 0.350. The Hall–Kier alpha value is -1.55. The average molecular weight is 324 g/mol. The Labute approximate surface area is 133 Å². The van der Waals surface area contributed by atoms with E-state index in [9.17, 15) is 9.90 Å². The maximum atomic E-state index is 11.4. The predicted molar refractivity (Wildman–Crippen MR) is 84.9 cm³/mol. The van der Waals surface area contributed by atoms with E-state index in [4.69, 9.17) is 23.2 Å². The second-order valence-corrected chi connectivity index (χ2v) is 5.54. The molecule has 0 heterocycles. The fourth-order valence-corrected chi connectivity index (χ4v) is 2.39. The van der Waals surface area contributed by atoms with E-state index in [1.807, 2.05) is 30.3 Å². The van der Waals surface area contributed by atoms with Gasteiger partial charge < -0.3 is 5.11 Å². The summed E-state index contributed by atoms with van der Waals surface area (Å²) < 4.78 is 0. The van der Waals surface area contributed by atoms with Gasteiger partial charge in [0.05, 0.1) is 0 Å². The van der Waals surface area contributed by atoms with Gasteiger partial charge >= 0.3 is 5.97 Å². The number of rotatable bonds is 6. The van der Waals surface area contributed by atoms with Crippen LogP contribution in [0.1, 0.15) is 11.1 Å². The molecule has 0 radical (unpaired) electrons. The van der Waals surface area contributed by atoms with Crippen LogP contribution in [0.4, 0.5) is 0 Å². The van der Waals surface area contributed by atoms with Gasteiger partial charge in [-0.3, -0.25) is 10.1 Å². The van der Waals surface area contributed by atoms with Crippen molar-refractivity contribution < 1.29 is 9.90 Å². The van der Waals surface area contributed by atoms with Gasteiger partial charge in [-0.1, -0.05) is 53.5 Å². The van der Waals surface area contributed by atoms with Crippen molar-refractivity contribution in [2.24, 2.45) is 0 Å². The highest BCUT2D eigenvalue weighted by atomic mass is 35.5. The van der Waals surface area contributed by atoms with Crippen molar-refractivity contribution in [2.75, 3.05) is 0 Å². The number of nitrogens with one attached hydrogen (secondary N) is 1. The standard InChI is InChI=1S/C16H15Cl2NO2/c17-13-6-7-14(18)12(9-13)10-19-15(16(20)21)8-11-4-2-1-3-5-11/h1-7,9,15,19H,8,10H2,(H,20,21)/t15-/m0/s1. The Kier molecular flexibility index (Phi) is 5.62. The van der Waals surface area contributed by atoms with Gasteiger partial charge in [-0.05, 0) is 35.7 Å². The molecular formula is C16H15Cl2NO2. The first kappa shape index (κ1) is 15.8. The molecule has 21 heavy (non-hydrogen) atoms. The smallest absolute Gasteiger partial charge is 0.321 e. The third kappa shape index (κ3) is 4.74. The zero-order chi connectivity index (χ0) is 15.2. The number of hydrogen-bond acceptors (Lipinski definition) is 2. The van der Waals surface area contributed by atoms with E-state index in [0.29, 0.717) is 23.0 Å². The van der Waals surface area contributed by atoms with Crippen LogP contribution < -0.4 is 5.32 Å². The lowest BCUT2D eigenvalue weighted by Gasteiger charge is -2.15. The fourth-order valence-electron chi connectivity index (χ4n) is 2.01. The predicted octanol–water partition coefficient (Wildman–Crippen LogP) is 3.78. The van der Waals surface area contributed by atoms with E-state index in [0.717, 1.165) is 11.1 Å². The summed E-state index contributed by atoms with van der Waals surface area (Å²) in [5, 5.41) is 13.5. The molecule has 2 rings (SSSR count). The Morgan fingerprint density at radius 2 is 1.86 bits per heavy atom. The largest absolute Gasteiger partial charge is 0.480 e. The van der Waals surface area contributed by atoms with E-state index >= 15 is 0 Å². The van der Waals surface area contributed by atoms with Crippen molar-refractivity contribution >= 4 is 29.2 Å². The lowest BCUT2D eigenvalue weighted by Crippen LogP contribution is -2.38. The summed E-state index contributed by atoms with van der Waals surface area (Å²) >= 11 is 12.0. The Balaban J connectivity index is 2.03. The molecule has 0 aromatic heterocycles. The second kappa shape index (κ2) is 7.46. The summed E-state index contributed by atoms with van der Waals surface area (Å²) in [6.07, 6.45) is 0.411. The van der Waals surface area contributed by atoms with E-state index in [1.54, 1.807) is 18.2 Å². The summed E-state index contributed by atoms with van der Waals surface area (Å²) in [5.74, 6) is -0.892. The van der Waals surface area contributed by atoms with Crippen LogP contribution in [0.2, 0.25) is 10.0 Å². The van der Waals surface area contributed by atoms with Crippen LogP contribution >= 0.6 is 23.2 Å². The van der Waals surface area contributed by atoms with E-state index < -0.39 is 12.0 Å². The Bertz CT molecular complexity index is 617. The van der Waals surface area contributed by atoms with Gasteiger partial charge in [0.15, 0.2) is 0 Å². The Morgan fingerprint density at radius 3 is 2.52 bits per heavy atom. The first-order valence-electron chi connectivity index (χ1n) is 6.50. The highest BCUT2D eigenvalue weighted by Crippen LogP contribution is 2.20. The molecule has 1 atom stereocenters. The van der Waals surface area contributed by atoms with E-state index in [1.165, 1.54) is 0 Å². The number of carbonyl (C=O) groups is 1. The number of benzene rings is 2. The number of aliphatic carboxylic acids is 1. The second-order valence-electron chi connectivity index (χ2n) is 4.70. The highest BCUT2D eigenvalue weighted by Gasteiger charge is 2.17. The molecule has 2 N–H and O–H groups in total. The molecule has 2 aromatic rings. The average Bonchev–Trinajstić information content (AvgIpc) is 2.47.